The van der Waals surface area contributed by atoms with Crippen molar-refractivity contribution in [2.45, 2.75) is 25.3 Å². The maximum absolute atomic E-state index is 10.4. The number of carbonyl (C=O) groups is 1. The van der Waals surface area contributed by atoms with Crippen molar-refractivity contribution in [2.24, 2.45) is 0 Å². The fourth-order valence-corrected chi connectivity index (χ4v) is 2.06. The summed E-state index contributed by atoms with van der Waals surface area (Å²) in [6.45, 7) is 4.49. The summed E-state index contributed by atoms with van der Waals surface area (Å²) >= 11 is 0. The molecule has 0 bridgehead atoms. The first-order valence-electron chi connectivity index (χ1n) is 4.83. The third-order valence-corrected chi connectivity index (χ3v) is 3.06. The number of hydrogen-bond donors (Lipinski definition) is 0. The van der Waals surface area contributed by atoms with Gasteiger partial charge >= 0.3 is 0 Å². The molecule has 2 saturated heterocycles. The zero-order valence-corrected chi connectivity index (χ0v) is 7.41. The van der Waals surface area contributed by atoms with Gasteiger partial charge in [-0.25, -0.2) is 0 Å². The van der Waals surface area contributed by atoms with Gasteiger partial charge in [-0.2, -0.15) is 0 Å². The van der Waals surface area contributed by atoms with Crippen LogP contribution in [0.25, 0.3) is 0 Å². The van der Waals surface area contributed by atoms with Crippen LogP contribution in [0.15, 0.2) is 0 Å². The lowest BCUT2D eigenvalue weighted by Gasteiger charge is -2.42. The molecule has 3 nitrogen and oxygen atoms in total. The molecule has 68 valence electrons. The zero-order chi connectivity index (χ0) is 8.39. The molecule has 0 unspecified atom stereocenters. The Labute approximate surface area is 73.3 Å². The molecule has 2 aliphatic heterocycles. The maximum Gasteiger partial charge on any atom is 0.209 e. The third-order valence-electron chi connectivity index (χ3n) is 3.06. The predicted octanol–water partition coefficient (Wildman–Crippen LogP) is 0.313. The van der Waals surface area contributed by atoms with Crippen LogP contribution in [0.1, 0.15) is 19.3 Å². The first-order valence-corrected chi connectivity index (χ1v) is 4.83. The van der Waals surface area contributed by atoms with E-state index in [2.05, 4.69) is 4.90 Å². The van der Waals surface area contributed by atoms with Crippen molar-refractivity contribution < 1.29 is 4.79 Å². The lowest BCUT2D eigenvalue weighted by Crippen LogP contribution is -2.50. The van der Waals surface area contributed by atoms with E-state index in [0.717, 1.165) is 25.5 Å². The highest BCUT2D eigenvalue weighted by atomic mass is 16.1. The number of carbonyl (C=O) groups excluding carboxylic acids is 1. The summed E-state index contributed by atoms with van der Waals surface area (Å²) in [5.41, 5.74) is 0. The van der Waals surface area contributed by atoms with Crippen molar-refractivity contribution in [2.75, 3.05) is 26.2 Å². The van der Waals surface area contributed by atoms with Crippen LogP contribution in [0.5, 0.6) is 0 Å². The van der Waals surface area contributed by atoms with Gasteiger partial charge < -0.3 is 9.80 Å². The molecule has 2 heterocycles. The molecule has 2 rings (SSSR count). The fourth-order valence-electron chi connectivity index (χ4n) is 2.06. The minimum atomic E-state index is 0.773. The van der Waals surface area contributed by atoms with Gasteiger partial charge in [-0.1, -0.05) is 0 Å². The second kappa shape index (κ2) is 3.44. The molecule has 0 spiro atoms. The molecule has 0 radical (unpaired) electrons. The number of amides is 1. The van der Waals surface area contributed by atoms with Crippen LogP contribution in [0.2, 0.25) is 0 Å². The largest absolute Gasteiger partial charge is 0.345 e. The Hall–Kier alpha value is -0.570. The number of likely N-dealkylation sites (tertiary alicyclic amines) is 2. The summed E-state index contributed by atoms with van der Waals surface area (Å²) in [5, 5.41) is 0. The zero-order valence-electron chi connectivity index (χ0n) is 7.41. The van der Waals surface area contributed by atoms with E-state index >= 15 is 0 Å². The van der Waals surface area contributed by atoms with Crippen molar-refractivity contribution in [1.82, 2.24) is 9.80 Å². The Morgan fingerprint density at radius 1 is 1.08 bits per heavy atom. The molecule has 0 aliphatic carbocycles. The van der Waals surface area contributed by atoms with Crippen LogP contribution in [0, 0.1) is 0 Å². The first-order chi connectivity index (χ1) is 5.90. The summed E-state index contributed by atoms with van der Waals surface area (Å²) < 4.78 is 0. The van der Waals surface area contributed by atoms with E-state index in [1.54, 1.807) is 0 Å². The standard InChI is InChI=1S/C9H16N2O/c12-8-10-6-2-9(3-7-10)11-4-1-5-11/h8-9H,1-7H2. The Morgan fingerprint density at radius 2 is 1.75 bits per heavy atom. The summed E-state index contributed by atoms with van der Waals surface area (Å²) in [4.78, 5) is 14.9. The predicted molar refractivity (Wildman–Crippen MR) is 46.8 cm³/mol. The second-order valence-corrected chi connectivity index (χ2v) is 3.76. The average molecular weight is 168 g/mol. The highest BCUT2D eigenvalue weighted by molar-refractivity contribution is 5.47. The van der Waals surface area contributed by atoms with Crippen molar-refractivity contribution in [3.8, 4) is 0 Å². The van der Waals surface area contributed by atoms with Crippen molar-refractivity contribution in [1.29, 1.82) is 0 Å². The molecule has 3 heteroatoms. The molecule has 0 N–H and O–H groups in total. The number of piperidine rings is 1. The van der Waals surface area contributed by atoms with Gasteiger partial charge in [0, 0.05) is 19.1 Å². The quantitative estimate of drug-likeness (QED) is 0.554. The number of rotatable bonds is 2. The van der Waals surface area contributed by atoms with Gasteiger partial charge in [-0.05, 0) is 32.4 Å². The third kappa shape index (κ3) is 1.46. The highest BCUT2D eigenvalue weighted by Crippen LogP contribution is 2.20. The summed E-state index contributed by atoms with van der Waals surface area (Å²) in [7, 11) is 0. The minimum absolute atomic E-state index is 0.773. The van der Waals surface area contributed by atoms with Gasteiger partial charge in [0.15, 0.2) is 0 Å². The van der Waals surface area contributed by atoms with Gasteiger partial charge in [-0.15, -0.1) is 0 Å². The number of hydrogen-bond acceptors (Lipinski definition) is 2. The van der Waals surface area contributed by atoms with Crippen molar-refractivity contribution >= 4 is 6.41 Å². The lowest BCUT2D eigenvalue weighted by molar-refractivity contribution is -0.119. The second-order valence-electron chi connectivity index (χ2n) is 3.76. The average Bonchev–Trinajstić information content (AvgIpc) is 2.03. The lowest BCUT2D eigenvalue weighted by atomic mass is 10.0. The van der Waals surface area contributed by atoms with Gasteiger partial charge in [0.25, 0.3) is 0 Å². The summed E-state index contributed by atoms with van der Waals surface area (Å²) in [5.74, 6) is 0. The van der Waals surface area contributed by atoms with Crippen LogP contribution in [0.3, 0.4) is 0 Å². The first kappa shape index (κ1) is 8.05. The SMILES string of the molecule is O=CN1CCC(N2CCC2)CC1. The molecule has 0 aromatic heterocycles. The van der Waals surface area contributed by atoms with Crippen LogP contribution in [-0.4, -0.2) is 48.4 Å². The molecular weight excluding hydrogens is 152 g/mol. The van der Waals surface area contributed by atoms with E-state index in [9.17, 15) is 4.79 Å². The Balaban J connectivity index is 1.77. The molecule has 1 amide bonds. The molecule has 0 aromatic rings. The molecule has 0 saturated carbocycles. The molecule has 0 aromatic carbocycles. The minimum Gasteiger partial charge on any atom is -0.345 e. The molecule has 12 heavy (non-hydrogen) atoms. The van der Waals surface area contributed by atoms with Gasteiger partial charge in [0.2, 0.25) is 6.41 Å². The summed E-state index contributed by atoms with van der Waals surface area (Å²) in [6.07, 6.45) is 4.71. The van der Waals surface area contributed by atoms with E-state index in [1.807, 2.05) is 4.90 Å². The number of nitrogens with zero attached hydrogens (tertiary/aromatic N) is 2. The van der Waals surface area contributed by atoms with Gasteiger partial charge in [-0.3, -0.25) is 4.79 Å². The Morgan fingerprint density at radius 3 is 2.17 bits per heavy atom. The van der Waals surface area contributed by atoms with Crippen LogP contribution >= 0.6 is 0 Å². The van der Waals surface area contributed by atoms with Gasteiger partial charge in [0.1, 0.15) is 0 Å². The molecular formula is C9H16N2O. The van der Waals surface area contributed by atoms with E-state index in [-0.39, 0.29) is 0 Å². The molecule has 2 fully saturated rings. The van der Waals surface area contributed by atoms with Crippen molar-refractivity contribution in [3.63, 3.8) is 0 Å². The smallest absolute Gasteiger partial charge is 0.209 e. The van der Waals surface area contributed by atoms with Crippen LogP contribution in [0.4, 0.5) is 0 Å². The monoisotopic (exact) mass is 168 g/mol. The van der Waals surface area contributed by atoms with Gasteiger partial charge in [0.05, 0.1) is 0 Å². The molecule has 0 atom stereocenters. The summed E-state index contributed by atoms with van der Waals surface area (Å²) in [6, 6.07) is 0.773. The van der Waals surface area contributed by atoms with E-state index in [0.29, 0.717) is 0 Å². The maximum atomic E-state index is 10.4. The normalized spacial score (nSPS) is 26.8. The molecule has 2 aliphatic rings. The Bertz CT molecular complexity index is 160. The van der Waals surface area contributed by atoms with E-state index in [4.69, 9.17) is 0 Å². The Kier molecular flexibility index (Phi) is 2.30. The van der Waals surface area contributed by atoms with E-state index < -0.39 is 0 Å². The highest BCUT2D eigenvalue weighted by Gasteiger charge is 2.26. The fraction of sp³-hybridized carbons (Fsp3) is 0.889. The van der Waals surface area contributed by atoms with Crippen LogP contribution in [-0.2, 0) is 4.79 Å². The van der Waals surface area contributed by atoms with Crippen molar-refractivity contribution in [3.05, 3.63) is 0 Å². The topological polar surface area (TPSA) is 23.6 Å². The van der Waals surface area contributed by atoms with Crippen LogP contribution < -0.4 is 0 Å². The van der Waals surface area contributed by atoms with E-state index in [1.165, 1.54) is 32.4 Å².